The molecular weight excluding hydrogens is 250 g/mol. The summed E-state index contributed by atoms with van der Waals surface area (Å²) < 4.78 is 1.01. The second-order valence-electron chi connectivity index (χ2n) is 2.67. The minimum Gasteiger partial charge on any atom is -0.325 e. The lowest BCUT2D eigenvalue weighted by Gasteiger charge is -2.06. The summed E-state index contributed by atoms with van der Waals surface area (Å²) in [4.78, 5) is 11.0. The fraction of sp³-hybridized carbons (Fsp3) is 0.222. The van der Waals surface area contributed by atoms with E-state index in [9.17, 15) is 4.79 Å². The number of benzene rings is 1. The van der Waals surface area contributed by atoms with Crippen LogP contribution in [0.1, 0.15) is 5.56 Å². The van der Waals surface area contributed by atoms with Crippen molar-refractivity contribution >= 4 is 40.2 Å². The molecule has 0 atom stereocenters. The summed E-state index contributed by atoms with van der Waals surface area (Å²) in [5.74, 6) is 0.115. The van der Waals surface area contributed by atoms with Crippen LogP contribution in [0.3, 0.4) is 0 Å². The van der Waals surface area contributed by atoms with E-state index >= 15 is 0 Å². The van der Waals surface area contributed by atoms with Gasteiger partial charge < -0.3 is 5.32 Å². The monoisotopic (exact) mass is 259 g/mol. The molecule has 1 amide bonds. The molecule has 4 heteroatoms. The first kappa shape index (κ1) is 10.6. The predicted molar refractivity (Wildman–Crippen MR) is 61.4 cm³/mol. The lowest BCUT2D eigenvalue weighted by Crippen LogP contribution is -2.13. The molecule has 0 radical (unpaired) electrons. The van der Waals surface area contributed by atoms with E-state index in [-0.39, 0.29) is 11.7 Å². The van der Waals surface area contributed by atoms with Gasteiger partial charge in [-0.2, -0.15) is 12.6 Å². The van der Waals surface area contributed by atoms with Gasteiger partial charge in [0.2, 0.25) is 5.91 Å². The highest BCUT2D eigenvalue weighted by molar-refractivity contribution is 9.10. The summed E-state index contributed by atoms with van der Waals surface area (Å²) in [6.07, 6.45) is 0. The highest BCUT2D eigenvalue weighted by atomic mass is 79.9. The largest absolute Gasteiger partial charge is 0.325 e. The molecule has 1 N–H and O–H groups in total. The topological polar surface area (TPSA) is 29.1 Å². The van der Waals surface area contributed by atoms with Gasteiger partial charge in [-0.1, -0.05) is 15.9 Å². The smallest absolute Gasteiger partial charge is 0.234 e. The van der Waals surface area contributed by atoms with E-state index in [1.807, 2.05) is 25.1 Å². The van der Waals surface area contributed by atoms with Crippen LogP contribution >= 0.6 is 28.6 Å². The van der Waals surface area contributed by atoms with Gasteiger partial charge in [-0.25, -0.2) is 0 Å². The van der Waals surface area contributed by atoms with Crippen molar-refractivity contribution in [3.63, 3.8) is 0 Å². The van der Waals surface area contributed by atoms with Crippen molar-refractivity contribution in [2.24, 2.45) is 0 Å². The molecule has 13 heavy (non-hydrogen) atoms. The Morgan fingerprint density at radius 2 is 2.31 bits per heavy atom. The van der Waals surface area contributed by atoms with Crippen LogP contribution in [0.4, 0.5) is 5.69 Å². The van der Waals surface area contributed by atoms with Crippen LogP contribution in [0.15, 0.2) is 22.7 Å². The van der Waals surface area contributed by atoms with Crippen molar-refractivity contribution in [3.05, 3.63) is 28.2 Å². The molecule has 0 bridgehead atoms. The number of rotatable bonds is 2. The Labute approximate surface area is 91.3 Å². The maximum Gasteiger partial charge on any atom is 0.234 e. The minimum absolute atomic E-state index is 0.0891. The lowest BCUT2D eigenvalue weighted by atomic mass is 10.2. The van der Waals surface area contributed by atoms with Gasteiger partial charge in [0.1, 0.15) is 0 Å². The number of thiol groups is 1. The van der Waals surface area contributed by atoms with Gasteiger partial charge in [0.15, 0.2) is 0 Å². The minimum atomic E-state index is -0.0891. The molecule has 0 aliphatic rings. The van der Waals surface area contributed by atoms with Crippen molar-refractivity contribution in [1.82, 2.24) is 0 Å². The fourth-order valence-electron chi connectivity index (χ4n) is 0.957. The zero-order chi connectivity index (χ0) is 9.84. The van der Waals surface area contributed by atoms with Crippen molar-refractivity contribution in [1.29, 1.82) is 0 Å². The molecule has 0 saturated carbocycles. The number of hydrogen-bond acceptors (Lipinski definition) is 2. The molecule has 0 aromatic heterocycles. The maximum absolute atomic E-state index is 11.0. The summed E-state index contributed by atoms with van der Waals surface area (Å²) in [6, 6.07) is 5.70. The Bertz CT molecular complexity index is 327. The van der Waals surface area contributed by atoms with Crippen LogP contribution in [0.5, 0.6) is 0 Å². The van der Waals surface area contributed by atoms with Gasteiger partial charge in [-0.3, -0.25) is 4.79 Å². The highest BCUT2D eigenvalue weighted by Crippen LogP contribution is 2.19. The molecule has 70 valence electrons. The molecule has 0 unspecified atom stereocenters. The normalized spacial score (nSPS) is 9.77. The number of carbonyl (C=O) groups is 1. The number of anilines is 1. The molecule has 0 aliphatic carbocycles. The molecule has 2 nitrogen and oxygen atoms in total. The van der Waals surface area contributed by atoms with Gasteiger partial charge in [0.05, 0.1) is 5.75 Å². The van der Waals surface area contributed by atoms with E-state index in [0.717, 1.165) is 15.7 Å². The molecular formula is C9H10BrNOS. The fourth-order valence-corrected chi connectivity index (χ4v) is 1.51. The summed E-state index contributed by atoms with van der Waals surface area (Å²) in [6.45, 7) is 1.94. The van der Waals surface area contributed by atoms with Crippen LogP contribution in [0.25, 0.3) is 0 Å². The third-order valence-electron chi connectivity index (χ3n) is 1.61. The van der Waals surface area contributed by atoms with Crippen molar-refractivity contribution in [2.45, 2.75) is 6.92 Å². The third kappa shape index (κ3) is 3.04. The summed E-state index contributed by atoms with van der Waals surface area (Å²) in [5.41, 5.74) is 1.87. The number of hydrogen-bond donors (Lipinski definition) is 2. The highest BCUT2D eigenvalue weighted by Gasteiger charge is 2.02. The third-order valence-corrected chi connectivity index (χ3v) is 2.39. The Morgan fingerprint density at radius 3 is 2.85 bits per heavy atom. The SMILES string of the molecule is Cc1cc(Br)ccc1NC(=O)CS. The van der Waals surface area contributed by atoms with Crippen LogP contribution < -0.4 is 5.32 Å². The molecule has 0 spiro atoms. The molecule has 0 aliphatic heterocycles. The van der Waals surface area contributed by atoms with Gasteiger partial charge in [-0.15, -0.1) is 0 Å². The Balaban J connectivity index is 2.83. The Hall–Kier alpha value is -0.480. The Kier molecular flexibility index (Phi) is 3.81. The van der Waals surface area contributed by atoms with E-state index in [1.54, 1.807) is 0 Å². The first-order valence-corrected chi connectivity index (χ1v) is 5.23. The van der Waals surface area contributed by atoms with E-state index < -0.39 is 0 Å². The number of aryl methyl sites for hydroxylation is 1. The van der Waals surface area contributed by atoms with E-state index in [2.05, 4.69) is 33.9 Å². The van der Waals surface area contributed by atoms with Crippen LogP contribution in [0, 0.1) is 6.92 Å². The van der Waals surface area contributed by atoms with Gasteiger partial charge in [0.25, 0.3) is 0 Å². The summed E-state index contributed by atoms with van der Waals surface area (Å²) >= 11 is 7.23. The average molecular weight is 260 g/mol. The molecule has 0 saturated heterocycles. The maximum atomic E-state index is 11.0. The first-order valence-electron chi connectivity index (χ1n) is 3.80. The van der Waals surface area contributed by atoms with Crippen LogP contribution in [0.2, 0.25) is 0 Å². The second kappa shape index (κ2) is 4.67. The number of halogens is 1. The van der Waals surface area contributed by atoms with Crippen LogP contribution in [-0.4, -0.2) is 11.7 Å². The molecule has 0 heterocycles. The van der Waals surface area contributed by atoms with E-state index in [1.165, 1.54) is 0 Å². The van der Waals surface area contributed by atoms with Crippen molar-refractivity contribution in [3.8, 4) is 0 Å². The summed E-state index contributed by atoms with van der Waals surface area (Å²) in [5, 5.41) is 2.75. The number of carbonyl (C=O) groups excluding carboxylic acids is 1. The standard InChI is InChI=1S/C9H10BrNOS/c1-6-4-7(10)2-3-8(6)11-9(12)5-13/h2-4,13H,5H2,1H3,(H,11,12). The quantitative estimate of drug-likeness (QED) is 0.786. The Morgan fingerprint density at radius 1 is 1.62 bits per heavy atom. The van der Waals surface area contributed by atoms with Crippen molar-refractivity contribution < 1.29 is 4.79 Å². The number of nitrogens with one attached hydrogen (secondary N) is 1. The lowest BCUT2D eigenvalue weighted by molar-refractivity contribution is -0.113. The zero-order valence-electron chi connectivity index (χ0n) is 7.17. The second-order valence-corrected chi connectivity index (χ2v) is 3.90. The zero-order valence-corrected chi connectivity index (χ0v) is 9.65. The average Bonchev–Trinajstić information content (AvgIpc) is 2.09. The molecule has 1 aromatic carbocycles. The van der Waals surface area contributed by atoms with Gasteiger partial charge >= 0.3 is 0 Å². The van der Waals surface area contributed by atoms with Crippen molar-refractivity contribution in [2.75, 3.05) is 11.1 Å². The number of amides is 1. The first-order chi connectivity index (χ1) is 6.13. The molecule has 1 aromatic rings. The summed E-state index contributed by atoms with van der Waals surface area (Å²) in [7, 11) is 0. The predicted octanol–water partition coefficient (Wildman–Crippen LogP) is 2.63. The molecule has 0 fully saturated rings. The van der Waals surface area contributed by atoms with E-state index in [0.29, 0.717) is 0 Å². The van der Waals surface area contributed by atoms with Crippen LogP contribution in [-0.2, 0) is 4.79 Å². The van der Waals surface area contributed by atoms with Gasteiger partial charge in [0, 0.05) is 10.2 Å². The molecule has 1 rings (SSSR count). The van der Waals surface area contributed by atoms with E-state index in [4.69, 9.17) is 0 Å². The van der Waals surface area contributed by atoms with Gasteiger partial charge in [-0.05, 0) is 30.7 Å².